The predicted octanol–water partition coefficient (Wildman–Crippen LogP) is 3.98. The number of nitrogens with one attached hydrogen (secondary N) is 1. The minimum absolute atomic E-state index is 0.0989. The van der Waals surface area contributed by atoms with Gasteiger partial charge in [-0.1, -0.05) is 29.4 Å². The Labute approximate surface area is 171 Å². The molecule has 8 heteroatoms. The summed E-state index contributed by atoms with van der Waals surface area (Å²) in [4.78, 5) is 29.6. The number of hydrogen-bond donors (Lipinski definition) is 1. The number of nitrogens with zero attached hydrogens (tertiary/aromatic N) is 2. The van der Waals surface area contributed by atoms with Crippen molar-refractivity contribution in [3.05, 3.63) is 70.5 Å². The quantitative estimate of drug-likeness (QED) is 0.359. The van der Waals surface area contributed by atoms with Gasteiger partial charge in [0.1, 0.15) is 5.75 Å². The fourth-order valence-electron chi connectivity index (χ4n) is 2.58. The van der Waals surface area contributed by atoms with Gasteiger partial charge in [0.15, 0.2) is 5.16 Å². The van der Waals surface area contributed by atoms with Gasteiger partial charge in [-0.25, -0.2) is 4.98 Å². The number of thioether (sulfide) groups is 1. The monoisotopic (exact) mass is 415 g/mol. The average molecular weight is 416 g/mol. The van der Waals surface area contributed by atoms with Crippen LogP contribution in [-0.2, 0) is 11.3 Å². The van der Waals surface area contributed by atoms with Crippen LogP contribution in [-0.4, -0.2) is 28.3 Å². The molecule has 1 amide bonds. The highest BCUT2D eigenvalue weighted by molar-refractivity contribution is 7.99. The van der Waals surface area contributed by atoms with Gasteiger partial charge >= 0.3 is 0 Å². The lowest BCUT2D eigenvalue weighted by atomic mass is 10.2. The number of amides is 1. The molecule has 3 rings (SSSR count). The van der Waals surface area contributed by atoms with Crippen molar-refractivity contribution in [3.8, 4) is 5.75 Å². The smallest absolute Gasteiger partial charge is 0.262 e. The summed E-state index contributed by atoms with van der Waals surface area (Å²) >= 11 is 7.20. The van der Waals surface area contributed by atoms with E-state index in [1.165, 1.54) is 16.3 Å². The molecule has 144 valence electrons. The molecule has 1 heterocycles. The minimum atomic E-state index is -0.208. The number of rotatable bonds is 7. The van der Waals surface area contributed by atoms with E-state index in [0.717, 1.165) is 0 Å². The fraction of sp³-hybridized carbons (Fsp3) is 0.150. The molecule has 0 aliphatic carbocycles. The second-order valence-electron chi connectivity index (χ2n) is 5.83. The molecule has 1 N–H and O–H groups in total. The molecule has 0 saturated carbocycles. The summed E-state index contributed by atoms with van der Waals surface area (Å²) in [6.07, 6.45) is 1.62. The van der Waals surface area contributed by atoms with Crippen LogP contribution in [0.4, 0.5) is 5.69 Å². The molecular weight excluding hydrogens is 398 g/mol. The van der Waals surface area contributed by atoms with Gasteiger partial charge in [-0.15, -0.1) is 6.58 Å². The normalized spacial score (nSPS) is 10.6. The van der Waals surface area contributed by atoms with Crippen molar-refractivity contribution >= 4 is 45.9 Å². The summed E-state index contributed by atoms with van der Waals surface area (Å²) in [5, 5.41) is 4.20. The first-order valence-corrected chi connectivity index (χ1v) is 9.76. The van der Waals surface area contributed by atoms with E-state index in [2.05, 4.69) is 16.9 Å². The Hall–Kier alpha value is -2.77. The molecule has 0 saturated heterocycles. The molecule has 0 aliphatic heterocycles. The van der Waals surface area contributed by atoms with Crippen LogP contribution in [0, 0.1) is 0 Å². The van der Waals surface area contributed by atoms with Gasteiger partial charge in [-0.2, -0.15) is 0 Å². The second-order valence-corrected chi connectivity index (χ2v) is 7.20. The third-order valence-corrected chi connectivity index (χ3v) is 5.11. The molecule has 0 bridgehead atoms. The van der Waals surface area contributed by atoms with Crippen LogP contribution >= 0.6 is 23.4 Å². The zero-order valence-corrected chi connectivity index (χ0v) is 16.7. The SMILES string of the molecule is C=CCn1c(SCC(=O)Nc2ccc(OC)cc2)nc2cc(Cl)ccc2c1=O. The number of benzene rings is 2. The van der Waals surface area contributed by atoms with Crippen LogP contribution in [0.15, 0.2) is 65.1 Å². The van der Waals surface area contributed by atoms with E-state index in [-0.39, 0.29) is 17.2 Å². The van der Waals surface area contributed by atoms with Gasteiger partial charge in [0, 0.05) is 17.3 Å². The van der Waals surface area contributed by atoms with Gasteiger partial charge in [0.25, 0.3) is 5.56 Å². The number of carbonyl (C=O) groups excluding carboxylic acids is 1. The summed E-state index contributed by atoms with van der Waals surface area (Å²) in [5.41, 5.74) is 0.962. The largest absolute Gasteiger partial charge is 0.497 e. The molecule has 1 aromatic heterocycles. The van der Waals surface area contributed by atoms with Gasteiger partial charge in [-0.05, 0) is 42.5 Å². The van der Waals surface area contributed by atoms with Crippen molar-refractivity contribution in [2.24, 2.45) is 0 Å². The lowest BCUT2D eigenvalue weighted by Gasteiger charge is -2.12. The molecule has 6 nitrogen and oxygen atoms in total. The van der Waals surface area contributed by atoms with Gasteiger partial charge < -0.3 is 10.1 Å². The van der Waals surface area contributed by atoms with Gasteiger partial charge in [-0.3, -0.25) is 14.2 Å². The summed E-state index contributed by atoms with van der Waals surface area (Å²) < 4.78 is 6.59. The molecule has 0 radical (unpaired) electrons. The van der Waals surface area contributed by atoms with Crippen molar-refractivity contribution in [3.63, 3.8) is 0 Å². The summed E-state index contributed by atoms with van der Waals surface area (Å²) in [5.74, 6) is 0.599. The van der Waals surface area contributed by atoms with Gasteiger partial charge in [0.05, 0.1) is 23.8 Å². The molecule has 3 aromatic rings. The van der Waals surface area contributed by atoms with E-state index in [1.807, 2.05) is 0 Å². The number of ether oxygens (including phenoxy) is 1. The number of allylic oxidation sites excluding steroid dienone is 1. The highest BCUT2D eigenvalue weighted by Gasteiger charge is 2.13. The van der Waals surface area contributed by atoms with Crippen LogP contribution < -0.4 is 15.6 Å². The number of hydrogen-bond acceptors (Lipinski definition) is 5. The van der Waals surface area contributed by atoms with Crippen LogP contribution in [0.5, 0.6) is 5.75 Å². The van der Waals surface area contributed by atoms with Crippen molar-refractivity contribution in [1.29, 1.82) is 0 Å². The van der Waals surface area contributed by atoms with Crippen LogP contribution in [0.25, 0.3) is 10.9 Å². The van der Waals surface area contributed by atoms with Crippen LogP contribution in [0.2, 0.25) is 5.02 Å². The number of anilines is 1. The third kappa shape index (κ3) is 4.55. The lowest BCUT2D eigenvalue weighted by molar-refractivity contribution is -0.113. The summed E-state index contributed by atoms with van der Waals surface area (Å²) in [7, 11) is 1.58. The van der Waals surface area contributed by atoms with Crippen LogP contribution in [0.1, 0.15) is 0 Å². The standard InChI is InChI=1S/C20H18ClN3O3S/c1-3-10-24-19(26)16-9-4-13(21)11-17(16)23-20(24)28-12-18(25)22-14-5-7-15(27-2)8-6-14/h3-9,11H,1,10,12H2,2H3,(H,22,25). The highest BCUT2D eigenvalue weighted by Crippen LogP contribution is 2.21. The molecule has 0 spiro atoms. The zero-order valence-electron chi connectivity index (χ0n) is 15.1. The Morgan fingerprint density at radius 1 is 1.32 bits per heavy atom. The maximum absolute atomic E-state index is 12.8. The molecule has 0 unspecified atom stereocenters. The Morgan fingerprint density at radius 2 is 2.07 bits per heavy atom. The third-order valence-electron chi connectivity index (χ3n) is 3.90. The van der Waals surface area contributed by atoms with Crippen molar-refractivity contribution in [1.82, 2.24) is 9.55 Å². The lowest BCUT2D eigenvalue weighted by Crippen LogP contribution is -2.23. The second kappa shape index (κ2) is 8.95. The van der Waals surface area contributed by atoms with Crippen molar-refractivity contribution in [2.45, 2.75) is 11.7 Å². The minimum Gasteiger partial charge on any atom is -0.497 e. The molecule has 0 fully saturated rings. The number of halogens is 1. The van der Waals surface area contributed by atoms with E-state index in [1.54, 1.807) is 55.7 Å². The van der Waals surface area contributed by atoms with E-state index < -0.39 is 0 Å². The van der Waals surface area contributed by atoms with Gasteiger partial charge in [0.2, 0.25) is 5.91 Å². The average Bonchev–Trinajstić information content (AvgIpc) is 2.69. The molecule has 2 aromatic carbocycles. The number of fused-ring (bicyclic) bond motifs is 1. The molecule has 28 heavy (non-hydrogen) atoms. The maximum atomic E-state index is 12.8. The summed E-state index contributed by atoms with van der Waals surface area (Å²) in [6.45, 7) is 3.99. The van der Waals surface area contributed by atoms with E-state index in [4.69, 9.17) is 16.3 Å². The molecule has 0 atom stereocenters. The van der Waals surface area contributed by atoms with E-state index in [9.17, 15) is 9.59 Å². The summed E-state index contributed by atoms with van der Waals surface area (Å²) in [6, 6.07) is 12.0. The van der Waals surface area contributed by atoms with Crippen LogP contribution in [0.3, 0.4) is 0 Å². The maximum Gasteiger partial charge on any atom is 0.262 e. The van der Waals surface area contributed by atoms with Crippen molar-refractivity contribution < 1.29 is 9.53 Å². The molecule has 0 aliphatic rings. The molecular formula is C20H18ClN3O3S. The fourth-order valence-corrected chi connectivity index (χ4v) is 3.55. The predicted molar refractivity (Wildman–Crippen MR) is 114 cm³/mol. The van der Waals surface area contributed by atoms with E-state index >= 15 is 0 Å². The first-order chi connectivity index (χ1) is 13.5. The number of aromatic nitrogens is 2. The van der Waals surface area contributed by atoms with E-state index in [0.29, 0.717) is 39.1 Å². The zero-order chi connectivity index (χ0) is 20.1. The number of carbonyl (C=O) groups is 1. The first kappa shape index (κ1) is 20.0. The first-order valence-electron chi connectivity index (χ1n) is 8.39. The Balaban J connectivity index is 1.80. The van der Waals surface area contributed by atoms with Crippen molar-refractivity contribution in [2.75, 3.05) is 18.2 Å². The Bertz CT molecular complexity index is 1080. The highest BCUT2D eigenvalue weighted by atomic mass is 35.5. The number of methoxy groups -OCH3 is 1. The Morgan fingerprint density at radius 3 is 2.75 bits per heavy atom. The Kier molecular flexibility index (Phi) is 6.38. The topological polar surface area (TPSA) is 73.2 Å².